The van der Waals surface area contributed by atoms with Gasteiger partial charge >= 0.3 is 17.8 Å². The van der Waals surface area contributed by atoms with E-state index >= 15 is 0 Å². The standard InChI is InChI=1S/C27H21BrF3N5O4/c1-15(6-11-22(37)38)34-25(39)23(24-21(28)14-33-36(24)19-9-7-17(13-32)8-10-19)16(2)35(26(34)40)20-5-3-4-18(12-20)27(29,30)31/h3-5,7-10,12,14-15H,6,11H2,1-2H3,(H,37,38)/t15-/m1/s1. The molecule has 2 aromatic heterocycles. The average Bonchev–Trinajstić information content (AvgIpc) is 3.28. The van der Waals surface area contributed by atoms with Crippen LogP contribution in [0.1, 0.15) is 42.6 Å². The predicted octanol–water partition coefficient (Wildman–Crippen LogP) is 5.24. The van der Waals surface area contributed by atoms with E-state index in [0.717, 1.165) is 27.3 Å². The Morgan fingerprint density at radius 1 is 1.15 bits per heavy atom. The molecule has 0 saturated heterocycles. The van der Waals surface area contributed by atoms with Crippen molar-refractivity contribution in [3.8, 4) is 28.7 Å². The molecular formula is C27H21BrF3N5O4. The lowest BCUT2D eigenvalue weighted by Gasteiger charge is -2.22. The summed E-state index contributed by atoms with van der Waals surface area (Å²) in [5.74, 6) is -1.13. The Hall–Kier alpha value is -4.44. The highest BCUT2D eigenvalue weighted by atomic mass is 79.9. The molecule has 2 aromatic carbocycles. The Balaban J connectivity index is 2.07. The van der Waals surface area contributed by atoms with Crippen LogP contribution >= 0.6 is 15.9 Å². The number of hydrogen-bond donors (Lipinski definition) is 1. The van der Waals surface area contributed by atoms with Crippen LogP contribution in [0.2, 0.25) is 0 Å². The molecule has 4 aromatic rings. The van der Waals surface area contributed by atoms with Gasteiger partial charge in [-0.15, -0.1) is 0 Å². The smallest absolute Gasteiger partial charge is 0.416 e. The maximum Gasteiger partial charge on any atom is 0.416 e. The third-order valence-corrected chi connectivity index (χ3v) is 6.96. The highest BCUT2D eigenvalue weighted by molar-refractivity contribution is 9.10. The van der Waals surface area contributed by atoms with Crippen molar-refractivity contribution in [2.45, 2.75) is 38.9 Å². The zero-order valence-corrected chi connectivity index (χ0v) is 22.7. The second-order valence-electron chi connectivity index (χ2n) is 8.99. The van der Waals surface area contributed by atoms with Gasteiger partial charge in [-0.25, -0.2) is 9.48 Å². The first-order valence-corrected chi connectivity index (χ1v) is 12.7. The molecule has 1 atom stereocenters. The minimum absolute atomic E-state index is 0.0343. The largest absolute Gasteiger partial charge is 0.481 e. The van der Waals surface area contributed by atoms with E-state index in [-0.39, 0.29) is 35.5 Å². The van der Waals surface area contributed by atoms with Gasteiger partial charge in [-0.2, -0.15) is 23.5 Å². The summed E-state index contributed by atoms with van der Waals surface area (Å²) in [6, 6.07) is 11.6. The number of carboxylic acid groups (broad SMARTS) is 1. The molecule has 1 N–H and O–H groups in total. The summed E-state index contributed by atoms with van der Waals surface area (Å²) in [4.78, 5) is 38.9. The molecule has 206 valence electrons. The number of nitriles is 1. The van der Waals surface area contributed by atoms with Crippen molar-refractivity contribution in [2.24, 2.45) is 0 Å². The topological polar surface area (TPSA) is 123 Å². The summed E-state index contributed by atoms with van der Waals surface area (Å²) >= 11 is 3.40. The minimum Gasteiger partial charge on any atom is -0.481 e. The van der Waals surface area contributed by atoms with Crippen LogP contribution in [0.3, 0.4) is 0 Å². The van der Waals surface area contributed by atoms with E-state index in [2.05, 4.69) is 21.0 Å². The molecule has 0 spiro atoms. The molecule has 0 radical (unpaired) electrons. The lowest BCUT2D eigenvalue weighted by atomic mass is 10.1. The van der Waals surface area contributed by atoms with Gasteiger partial charge in [-0.1, -0.05) is 6.07 Å². The summed E-state index contributed by atoms with van der Waals surface area (Å²) in [5.41, 5.74) is -1.70. The molecule has 2 heterocycles. The van der Waals surface area contributed by atoms with Crippen molar-refractivity contribution in [1.29, 1.82) is 5.26 Å². The van der Waals surface area contributed by atoms with Crippen molar-refractivity contribution < 1.29 is 23.1 Å². The van der Waals surface area contributed by atoms with E-state index in [1.807, 2.05) is 6.07 Å². The Bertz CT molecular complexity index is 1770. The van der Waals surface area contributed by atoms with Gasteiger partial charge in [-0.3, -0.25) is 18.7 Å². The number of benzene rings is 2. The van der Waals surface area contributed by atoms with Crippen LogP contribution in [-0.4, -0.2) is 30.0 Å². The Labute approximate surface area is 233 Å². The highest BCUT2D eigenvalue weighted by Gasteiger charge is 2.32. The molecule has 0 fully saturated rings. The van der Waals surface area contributed by atoms with E-state index in [9.17, 15) is 27.6 Å². The third-order valence-electron chi connectivity index (χ3n) is 6.38. The van der Waals surface area contributed by atoms with Gasteiger partial charge in [0.15, 0.2) is 0 Å². The number of carboxylic acids is 1. The van der Waals surface area contributed by atoms with Gasteiger partial charge in [0, 0.05) is 18.2 Å². The second-order valence-corrected chi connectivity index (χ2v) is 9.85. The summed E-state index contributed by atoms with van der Waals surface area (Å²) < 4.78 is 44.3. The zero-order valence-electron chi connectivity index (χ0n) is 21.1. The number of hydrogen-bond acceptors (Lipinski definition) is 5. The van der Waals surface area contributed by atoms with Gasteiger partial charge in [0.2, 0.25) is 0 Å². The lowest BCUT2D eigenvalue weighted by Crippen LogP contribution is -2.43. The molecule has 0 bridgehead atoms. The lowest BCUT2D eigenvalue weighted by molar-refractivity contribution is -0.138. The Kier molecular flexibility index (Phi) is 7.84. The predicted molar refractivity (Wildman–Crippen MR) is 143 cm³/mol. The fourth-order valence-electron chi connectivity index (χ4n) is 4.40. The van der Waals surface area contributed by atoms with Crippen molar-refractivity contribution >= 4 is 21.9 Å². The molecule has 0 amide bonds. The molecule has 0 aliphatic carbocycles. The van der Waals surface area contributed by atoms with Crippen LogP contribution in [-0.2, 0) is 11.0 Å². The maximum atomic E-state index is 14.0. The molecule has 4 rings (SSSR count). The van der Waals surface area contributed by atoms with Crippen LogP contribution < -0.4 is 11.2 Å². The monoisotopic (exact) mass is 615 g/mol. The number of halogens is 4. The fraction of sp³-hybridized carbons (Fsp3) is 0.222. The highest BCUT2D eigenvalue weighted by Crippen LogP contribution is 2.33. The number of nitrogens with zero attached hydrogens (tertiary/aromatic N) is 5. The average molecular weight is 616 g/mol. The van der Waals surface area contributed by atoms with E-state index in [1.165, 1.54) is 30.8 Å². The molecule has 9 nitrogen and oxygen atoms in total. The van der Waals surface area contributed by atoms with Crippen molar-refractivity contribution in [2.75, 3.05) is 0 Å². The van der Waals surface area contributed by atoms with Crippen LogP contribution in [0, 0.1) is 18.3 Å². The number of aliphatic carboxylic acids is 1. The van der Waals surface area contributed by atoms with Gasteiger partial charge in [0.25, 0.3) is 5.56 Å². The van der Waals surface area contributed by atoms with Gasteiger partial charge in [0.05, 0.1) is 50.5 Å². The van der Waals surface area contributed by atoms with Crippen LogP contribution in [0.5, 0.6) is 0 Å². The summed E-state index contributed by atoms with van der Waals surface area (Å²) in [5, 5.41) is 22.6. The molecule has 0 unspecified atom stereocenters. The number of alkyl halides is 3. The fourth-order valence-corrected chi connectivity index (χ4v) is 4.86. The van der Waals surface area contributed by atoms with Crippen LogP contribution in [0.25, 0.3) is 22.6 Å². The van der Waals surface area contributed by atoms with E-state index < -0.39 is 35.0 Å². The van der Waals surface area contributed by atoms with Gasteiger partial charge in [-0.05, 0) is 78.7 Å². The maximum absolute atomic E-state index is 14.0. The molecule has 0 aliphatic rings. The zero-order chi connectivity index (χ0) is 29.4. The van der Waals surface area contributed by atoms with Crippen molar-refractivity contribution in [3.05, 3.63) is 96.9 Å². The van der Waals surface area contributed by atoms with E-state index in [0.29, 0.717) is 15.7 Å². The first-order chi connectivity index (χ1) is 18.8. The molecule has 13 heteroatoms. The molecule has 0 saturated carbocycles. The SMILES string of the molecule is Cc1c(-c2c(Br)cnn2-c2ccc(C#N)cc2)c(=O)n([C@H](C)CCC(=O)O)c(=O)n1-c1cccc(C(F)(F)F)c1. The third kappa shape index (κ3) is 5.35. The number of carbonyl (C=O) groups is 1. The van der Waals surface area contributed by atoms with E-state index in [1.54, 1.807) is 24.3 Å². The van der Waals surface area contributed by atoms with Crippen LogP contribution in [0.15, 0.2) is 68.8 Å². The van der Waals surface area contributed by atoms with E-state index in [4.69, 9.17) is 10.4 Å². The first-order valence-electron chi connectivity index (χ1n) is 11.9. The number of aromatic nitrogens is 4. The molecule has 40 heavy (non-hydrogen) atoms. The Morgan fingerprint density at radius 3 is 2.42 bits per heavy atom. The molecule has 0 aliphatic heterocycles. The van der Waals surface area contributed by atoms with Gasteiger partial charge in [0.1, 0.15) is 0 Å². The summed E-state index contributed by atoms with van der Waals surface area (Å²) in [7, 11) is 0. The second kappa shape index (κ2) is 11.0. The first kappa shape index (κ1) is 28.6. The normalized spacial score (nSPS) is 12.2. The van der Waals surface area contributed by atoms with Crippen molar-refractivity contribution in [1.82, 2.24) is 18.9 Å². The quantitative estimate of drug-likeness (QED) is 0.303. The summed E-state index contributed by atoms with van der Waals surface area (Å²) in [6.45, 7) is 2.93. The van der Waals surface area contributed by atoms with Gasteiger partial charge < -0.3 is 5.11 Å². The number of rotatable bonds is 7. The summed E-state index contributed by atoms with van der Waals surface area (Å²) in [6.07, 6.45) is -3.68. The molecular weight excluding hydrogens is 595 g/mol. The minimum atomic E-state index is -4.68. The van der Waals surface area contributed by atoms with Crippen LogP contribution in [0.4, 0.5) is 13.2 Å². The Morgan fingerprint density at radius 2 is 1.82 bits per heavy atom. The van der Waals surface area contributed by atoms with Crippen molar-refractivity contribution in [3.63, 3.8) is 0 Å².